The van der Waals surface area contributed by atoms with Crippen LogP contribution in [0.25, 0.3) is 11.3 Å². The number of H-pyrrole nitrogens is 1. The number of aryl methyl sites for hydroxylation is 2. The molecule has 24 heavy (non-hydrogen) atoms. The maximum atomic E-state index is 12.2. The molecule has 122 valence electrons. The molecule has 0 fully saturated rings. The summed E-state index contributed by atoms with van der Waals surface area (Å²) >= 11 is 0. The van der Waals surface area contributed by atoms with Crippen LogP contribution in [-0.4, -0.2) is 21.1 Å². The highest BCUT2D eigenvalue weighted by molar-refractivity contribution is 5.91. The summed E-state index contributed by atoms with van der Waals surface area (Å²) in [5, 5.41) is 10.1. The molecule has 5 nitrogen and oxygen atoms in total. The van der Waals surface area contributed by atoms with Gasteiger partial charge in [-0.15, -0.1) is 0 Å². The number of pyridine rings is 1. The molecule has 0 radical (unpaired) electrons. The van der Waals surface area contributed by atoms with E-state index >= 15 is 0 Å². The second-order valence-electron chi connectivity index (χ2n) is 5.84. The molecule has 0 aliphatic carbocycles. The summed E-state index contributed by atoms with van der Waals surface area (Å²) in [6.45, 7) is 3.99. The summed E-state index contributed by atoms with van der Waals surface area (Å²) in [5.41, 5.74) is 5.10. The Morgan fingerprint density at radius 2 is 1.79 bits per heavy atom. The quantitative estimate of drug-likeness (QED) is 0.753. The Kier molecular flexibility index (Phi) is 4.70. The van der Waals surface area contributed by atoms with Crippen molar-refractivity contribution in [2.24, 2.45) is 0 Å². The number of amides is 1. The molecule has 0 aliphatic rings. The summed E-state index contributed by atoms with van der Waals surface area (Å²) in [6, 6.07) is 12.0. The van der Waals surface area contributed by atoms with Crippen molar-refractivity contribution in [3.05, 3.63) is 65.5 Å². The third-order valence-electron chi connectivity index (χ3n) is 3.99. The lowest BCUT2D eigenvalue weighted by Crippen LogP contribution is -2.13. The smallest absolute Gasteiger partial charge is 0.225 e. The maximum absolute atomic E-state index is 12.2. The SMILES string of the molecule is Cc1ccc(CCC(=O)Nc2[nH]nc(-c3ccncc3)c2C)cc1. The Hall–Kier alpha value is -2.95. The molecular formula is C19H20N4O. The number of anilines is 1. The number of benzene rings is 1. The third kappa shape index (κ3) is 3.68. The molecule has 2 aromatic heterocycles. The van der Waals surface area contributed by atoms with E-state index in [1.165, 1.54) is 5.56 Å². The van der Waals surface area contributed by atoms with E-state index in [4.69, 9.17) is 0 Å². The summed E-state index contributed by atoms with van der Waals surface area (Å²) in [4.78, 5) is 16.2. The third-order valence-corrected chi connectivity index (χ3v) is 3.99. The lowest BCUT2D eigenvalue weighted by Gasteiger charge is -2.05. The molecule has 0 saturated carbocycles. The second-order valence-corrected chi connectivity index (χ2v) is 5.84. The van der Waals surface area contributed by atoms with Crippen molar-refractivity contribution in [1.29, 1.82) is 0 Å². The molecule has 3 rings (SSSR count). The van der Waals surface area contributed by atoms with Crippen LogP contribution < -0.4 is 5.32 Å². The van der Waals surface area contributed by atoms with Crippen LogP contribution in [0.3, 0.4) is 0 Å². The van der Waals surface area contributed by atoms with E-state index in [9.17, 15) is 4.79 Å². The number of rotatable bonds is 5. The Morgan fingerprint density at radius 3 is 2.50 bits per heavy atom. The number of aromatic nitrogens is 3. The van der Waals surface area contributed by atoms with Crippen LogP contribution in [-0.2, 0) is 11.2 Å². The zero-order valence-electron chi connectivity index (χ0n) is 13.8. The van der Waals surface area contributed by atoms with E-state index in [1.54, 1.807) is 12.4 Å². The van der Waals surface area contributed by atoms with Crippen LogP contribution in [0.1, 0.15) is 23.1 Å². The van der Waals surface area contributed by atoms with Crippen molar-refractivity contribution in [3.63, 3.8) is 0 Å². The summed E-state index contributed by atoms with van der Waals surface area (Å²) in [7, 11) is 0. The molecule has 1 amide bonds. The van der Waals surface area contributed by atoms with Gasteiger partial charge in [0.1, 0.15) is 5.82 Å². The van der Waals surface area contributed by atoms with Crippen LogP contribution in [0.2, 0.25) is 0 Å². The van der Waals surface area contributed by atoms with Gasteiger partial charge >= 0.3 is 0 Å². The summed E-state index contributed by atoms with van der Waals surface area (Å²) in [6.07, 6.45) is 4.61. The second kappa shape index (κ2) is 7.08. The van der Waals surface area contributed by atoms with E-state index < -0.39 is 0 Å². The standard InChI is InChI=1S/C19H20N4O/c1-13-3-5-15(6-4-13)7-8-17(24)21-19-14(2)18(22-23-19)16-9-11-20-12-10-16/h3-6,9-12H,7-8H2,1-2H3,(H2,21,22,23,24). The molecule has 0 aliphatic heterocycles. The van der Waals surface area contributed by atoms with Gasteiger partial charge in [0.25, 0.3) is 0 Å². The van der Waals surface area contributed by atoms with E-state index in [1.807, 2.05) is 19.1 Å². The van der Waals surface area contributed by atoms with Gasteiger partial charge in [-0.05, 0) is 38.0 Å². The monoisotopic (exact) mass is 320 g/mol. The molecule has 2 heterocycles. The highest BCUT2D eigenvalue weighted by atomic mass is 16.1. The normalized spacial score (nSPS) is 10.6. The number of hydrogen-bond acceptors (Lipinski definition) is 3. The molecule has 0 spiro atoms. The predicted molar refractivity (Wildman–Crippen MR) is 94.7 cm³/mol. The summed E-state index contributed by atoms with van der Waals surface area (Å²) < 4.78 is 0. The van der Waals surface area contributed by atoms with Gasteiger partial charge in [0.05, 0.1) is 5.69 Å². The average molecular weight is 320 g/mol. The van der Waals surface area contributed by atoms with Crippen molar-refractivity contribution < 1.29 is 4.79 Å². The van der Waals surface area contributed by atoms with Gasteiger partial charge in [-0.3, -0.25) is 14.9 Å². The van der Waals surface area contributed by atoms with E-state index in [-0.39, 0.29) is 5.91 Å². The van der Waals surface area contributed by atoms with Crippen molar-refractivity contribution in [3.8, 4) is 11.3 Å². The highest BCUT2D eigenvalue weighted by Crippen LogP contribution is 2.25. The first-order valence-corrected chi connectivity index (χ1v) is 7.94. The first-order chi connectivity index (χ1) is 11.6. The van der Waals surface area contributed by atoms with Crippen molar-refractivity contribution in [2.75, 3.05) is 5.32 Å². The number of hydrogen-bond donors (Lipinski definition) is 2. The van der Waals surface area contributed by atoms with E-state index in [0.717, 1.165) is 28.8 Å². The Labute approximate surface area is 141 Å². The van der Waals surface area contributed by atoms with Crippen LogP contribution >= 0.6 is 0 Å². The Balaban J connectivity index is 1.63. The number of carbonyl (C=O) groups excluding carboxylic acids is 1. The molecule has 0 atom stereocenters. The molecule has 0 bridgehead atoms. The molecule has 0 unspecified atom stereocenters. The molecule has 1 aromatic carbocycles. The fraction of sp³-hybridized carbons (Fsp3) is 0.211. The molecule has 5 heteroatoms. The number of nitrogens with zero attached hydrogens (tertiary/aromatic N) is 2. The van der Waals surface area contributed by atoms with Crippen LogP contribution in [0, 0.1) is 13.8 Å². The van der Waals surface area contributed by atoms with Gasteiger partial charge in [-0.25, -0.2) is 0 Å². The van der Waals surface area contributed by atoms with E-state index in [0.29, 0.717) is 12.2 Å². The van der Waals surface area contributed by atoms with Gasteiger partial charge in [0.2, 0.25) is 5.91 Å². The van der Waals surface area contributed by atoms with Crippen LogP contribution in [0.4, 0.5) is 5.82 Å². The van der Waals surface area contributed by atoms with Gasteiger partial charge < -0.3 is 5.32 Å². The predicted octanol–water partition coefficient (Wildman–Crippen LogP) is 3.66. The minimum Gasteiger partial charge on any atom is -0.311 e. The average Bonchev–Trinajstić information content (AvgIpc) is 2.96. The van der Waals surface area contributed by atoms with Gasteiger partial charge in [0.15, 0.2) is 0 Å². The number of aromatic amines is 1. The zero-order valence-corrected chi connectivity index (χ0v) is 13.8. The largest absolute Gasteiger partial charge is 0.311 e. The van der Waals surface area contributed by atoms with Crippen molar-refractivity contribution in [1.82, 2.24) is 15.2 Å². The van der Waals surface area contributed by atoms with Gasteiger partial charge in [0, 0.05) is 29.9 Å². The maximum Gasteiger partial charge on any atom is 0.225 e. The first-order valence-electron chi connectivity index (χ1n) is 7.94. The topological polar surface area (TPSA) is 70.7 Å². The zero-order chi connectivity index (χ0) is 16.9. The van der Waals surface area contributed by atoms with E-state index in [2.05, 4.69) is 51.7 Å². The van der Waals surface area contributed by atoms with Crippen LogP contribution in [0.5, 0.6) is 0 Å². The molecular weight excluding hydrogens is 300 g/mol. The minimum atomic E-state index is -0.0244. The fourth-order valence-corrected chi connectivity index (χ4v) is 2.52. The van der Waals surface area contributed by atoms with Crippen LogP contribution in [0.15, 0.2) is 48.8 Å². The molecule has 3 aromatic rings. The fourth-order valence-electron chi connectivity index (χ4n) is 2.52. The number of carbonyl (C=O) groups is 1. The minimum absolute atomic E-state index is 0.0244. The van der Waals surface area contributed by atoms with Crippen molar-refractivity contribution >= 4 is 11.7 Å². The summed E-state index contributed by atoms with van der Waals surface area (Å²) in [5.74, 6) is 0.624. The van der Waals surface area contributed by atoms with Gasteiger partial charge in [-0.2, -0.15) is 5.10 Å². The first kappa shape index (κ1) is 15.9. The Morgan fingerprint density at radius 1 is 1.08 bits per heavy atom. The number of nitrogens with one attached hydrogen (secondary N) is 2. The highest BCUT2D eigenvalue weighted by Gasteiger charge is 2.13. The molecule has 2 N–H and O–H groups in total. The lowest BCUT2D eigenvalue weighted by atomic mass is 10.1. The van der Waals surface area contributed by atoms with Gasteiger partial charge in [-0.1, -0.05) is 29.8 Å². The van der Waals surface area contributed by atoms with Crippen molar-refractivity contribution in [2.45, 2.75) is 26.7 Å². The lowest BCUT2D eigenvalue weighted by molar-refractivity contribution is -0.116. The Bertz CT molecular complexity index is 822. The molecule has 0 saturated heterocycles.